The third kappa shape index (κ3) is 1.81. The van der Waals surface area contributed by atoms with Gasteiger partial charge in [-0.15, -0.1) is 11.3 Å². The van der Waals surface area contributed by atoms with Gasteiger partial charge in [0.25, 0.3) is 0 Å². The minimum atomic E-state index is -0.477. The molecular weight excluding hydrogens is 177 g/mol. The number of hydrogen-bond donors (Lipinski definition) is 0. The number of halogens is 2. The van der Waals surface area contributed by atoms with Crippen molar-refractivity contribution in [3.8, 4) is 0 Å². The Morgan fingerprint density at radius 2 is 2.33 bits per heavy atom. The minimum absolute atomic E-state index is 0.477. The SMILES string of the molecule is Cc1nc(C(Cl)Cl)cs1. The van der Waals surface area contributed by atoms with Crippen LogP contribution in [0.5, 0.6) is 0 Å². The molecule has 1 aromatic heterocycles. The summed E-state index contributed by atoms with van der Waals surface area (Å²) in [6.45, 7) is 1.92. The monoisotopic (exact) mass is 181 g/mol. The van der Waals surface area contributed by atoms with Gasteiger partial charge in [-0.25, -0.2) is 4.98 Å². The van der Waals surface area contributed by atoms with E-state index in [4.69, 9.17) is 23.2 Å². The molecule has 0 saturated carbocycles. The first-order valence-corrected chi connectivity index (χ1v) is 4.15. The molecule has 0 aromatic carbocycles. The third-order valence-corrected chi connectivity index (χ3v) is 2.10. The van der Waals surface area contributed by atoms with Crippen molar-refractivity contribution in [3.63, 3.8) is 0 Å². The molecule has 1 aromatic rings. The van der Waals surface area contributed by atoms with Crippen LogP contribution >= 0.6 is 34.5 Å². The number of rotatable bonds is 1. The molecule has 0 atom stereocenters. The smallest absolute Gasteiger partial charge is 0.150 e. The largest absolute Gasteiger partial charge is 0.244 e. The van der Waals surface area contributed by atoms with E-state index in [1.165, 1.54) is 0 Å². The molecule has 0 aliphatic heterocycles. The molecule has 9 heavy (non-hydrogen) atoms. The van der Waals surface area contributed by atoms with Gasteiger partial charge in [-0.1, -0.05) is 23.2 Å². The highest BCUT2D eigenvalue weighted by atomic mass is 35.5. The summed E-state index contributed by atoms with van der Waals surface area (Å²) in [5.41, 5.74) is 0.751. The van der Waals surface area contributed by atoms with Gasteiger partial charge >= 0.3 is 0 Å². The van der Waals surface area contributed by atoms with Crippen LogP contribution in [0, 0.1) is 6.92 Å². The normalized spacial score (nSPS) is 10.7. The van der Waals surface area contributed by atoms with Crippen molar-refractivity contribution in [1.82, 2.24) is 4.98 Å². The first-order valence-electron chi connectivity index (χ1n) is 2.40. The molecule has 0 aliphatic rings. The van der Waals surface area contributed by atoms with Crippen LogP contribution in [-0.2, 0) is 0 Å². The molecule has 0 fully saturated rings. The predicted molar refractivity (Wildman–Crippen MR) is 41.3 cm³/mol. The molecule has 0 amide bonds. The van der Waals surface area contributed by atoms with E-state index in [1.807, 2.05) is 12.3 Å². The van der Waals surface area contributed by atoms with Crippen molar-refractivity contribution in [2.24, 2.45) is 0 Å². The highest BCUT2D eigenvalue weighted by molar-refractivity contribution is 7.09. The number of alkyl halides is 2. The van der Waals surface area contributed by atoms with Crippen molar-refractivity contribution in [1.29, 1.82) is 0 Å². The lowest BCUT2D eigenvalue weighted by molar-refractivity contribution is 1.15. The quantitative estimate of drug-likeness (QED) is 0.608. The van der Waals surface area contributed by atoms with Gasteiger partial charge in [-0.05, 0) is 6.92 Å². The predicted octanol–water partition coefficient (Wildman–Crippen LogP) is 2.93. The molecule has 4 heteroatoms. The van der Waals surface area contributed by atoms with Crippen LogP contribution in [-0.4, -0.2) is 4.98 Å². The average Bonchev–Trinajstić information content (AvgIpc) is 2.14. The van der Waals surface area contributed by atoms with Gasteiger partial charge in [0, 0.05) is 5.38 Å². The van der Waals surface area contributed by atoms with Gasteiger partial charge in [-0.2, -0.15) is 0 Å². The summed E-state index contributed by atoms with van der Waals surface area (Å²) >= 11 is 12.6. The highest BCUT2D eigenvalue weighted by Crippen LogP contribution is 2.25. The molecule has 0 bridgehead atoms. The molecule has 1 nitrogen and oxygen atoms in total. The van der Waals surface area contributed by atoms with Crippen LogP contribution in [0.15, 0.2) is 5.38 Å². The third-order valence-electron chi connectivity index (χ3n) is 0.860. The van der Waals surface area contributed by atoms with E-state index in [-0.39, 0.29) is 0 Å². The summed E-state index contributed by atoms with van der Waals surface area (Å²) in [5.74, 6) is 0. The van der Waals surface area contributed by atoms with Crippen LogP contribution in [0.1, 0.15) is 15.5 Å². The Labute approximate surface area is 67.6 Å². The lowest BCUT2D eigenvalue weighted by Crippen LogP contribution is -1.79. The Morgan fingerprint density at radius 3 is 2.56 bits per heavy atom. The minimum Gasteiger partial charge on any atom is -0.244 e. The summed E-state index contributed by atoms with van der Waals surface area (Å²) in [6, 6.07) is 0. The second-order valence-corrected chi connectivity index (χ2v) is 3.75. The molecule has 0 radical (unpaired) electrons. The first-order chi connectivity index (χ1) is 4.20. The molecule has 0 saturated heterocycles. The Bertz CT molecular complexity index is 197. The van der Waals surface area contributed by atoms with Crippen LogP contribution in [0.3, 0.4) is 0 Å². The van der Waals surface area contributed by atoms with Gasteiger partial charge < -0.3 is 0 Å². The molecule has 0 N–H and O–H groups in total. The zero-order valence-electron chi connectivity index (χ0n) is 4.77. The van der Waals surface area contributed by atoms with E-state index in [0.717, 1.165) is 10.7 Å². The molecule has 0 unspecified atom stereocenters. The van der Waals surface area contributed by atoms with Crippen molar-refractivity contribution in [2.75, 3.05) is 0 Å². The van der Waals surface area contributed by atoms with Crippen molar-refractivity contribution in [2.45, 2.75) is 11.8 Å². The molecule has 0 aliphatic carbocycles. The van der Waals surface area contributed by atoms with E-state index < -0.39 is 4.84 Å². The number of aromatic nitrogens is 1. The summed E-state index contributed by atoms with van der Waals surface area (Å²) in [7, 11) is 0. The summed E-state index contributed by atoms with van der Waals surface area (Å²) in [5, 5.41) is 2.86. The molecular formula is C5H5Cl2NS. The fourth-order valence-electron chi connectivity index (χ4n) is 0.480. The van der Waals surface area contributed by atoms with Gasteiger partial charge in [0.2, 0.25) is 0 Å². The lowest BCUT2D eigenvalue weighted by atomic mass is 10.6. The van der Waals surface area contributed by atoms with Gasteiger partial charge in [-0.3, -0.25) is 0 Å². The first kappa shape index (κ1) is 7.32. The van der Waals surface area contributed by atoms with Gasteiger partial charge in [0.05, 0.1) is 10.7 Å². The second kappa shape index (κ2) is 2.86. The molecule has 1 heterocycles. The van der Waals surface area contributed by atoms with E-state index in [9.17, 15) is 0 Å². The topological polar surface area (TPSA) is 12.9 Å². The second-order valence-electron chi connectivity index (χ2n) is 1.59. The van der Waals surface area contributed by atoms with Crippen LogP contribution < -0.4 is 0 Å². The number of aryl methyl sites for hydroxylation is 1. The average molecular weight is 182 g/mol. The Morgan fingerprint density at radius 1 is 1.67 bits per heavy atom. The zero-order chi connectivity index (χ0) is 6.85. The number of hydrogen-bond acceptors (Lipinski definition) is 2. The molecule has 50 valence electrons. The maximum atomic E-state index is 5.53. The zero-order valence-corrected chi connectivity index (χ0v) is 7.09. The Hall–Kier alpha value is 0.210. The Kier molecular flexibility index (Phi) is 2.33. The van der Waals surface area contributed by atoms with Crippen LogP contribution in [0.4, 0.5) is 0 Å². The maximum absolute atomic E-state index is 5.53. The van der Waals surface area contributed by atoms with Crippen molar-refractivity contribution < 1.29 is 0 Å². The van der Waals surface area contributed by atoms with E-state index in [0.29, 0.717) is 0 Å². The van der Waals surface area contributed by atoms with Crippen LogP contribution in [0.25, 0.3) is 0 Å². The number of nitrogens with zero attached hydrogens (tertiary/aromatic N) is 1. The van der Waals surface area contributed by atoms with Crippen molar-refractivity contribution in [3.05, 3.63) is 16.1 Å². The highest BCUT2D eigenvalue weighted by Gasteiger charge is 2.05. The fourth-order valence-corrected chi connectivity index (χ4v) is 1.49. The fraction of sp³-hybridized carbons (Fsp3) is 0.400. The van der Waals surface area contributed by atoms with E-state index in [1.54, 1.807) is 11.3 Å². The van der Waals surface area contributed by atoms with Gasteiger partial charge in [0.1, 0.15) is 4.84 Å². The standard InChI is InChI=1S/C5H5Cl2NS/c1-3-8-4(2-9-3)5(6)7/h2,5H,1H3. The maximum Gasteiger partial charge on any atom is 0.150 e. The molecule has 0 spiro atoms. The summed E-state index contributed by atoms with van der Waals surface area (Å²) in [6.07, 6.45) is 0. The number of thiazole rings is 1. The van der Waals surface area contributed by atoms with E-state index >= 15 is 0 Å². The van der Waals surface area contributed by atoms with Crippen molar-refractivity contribution >= 4 is 34.5 Å². The summed E-state index contributed by atoms with van der Waals surface area (Å²) in [4.78, 5) is 3.59. The van der Waals surface area contributed by atoms with Crippen LogP contribution in [0.2, 0.25) is 0 Å². The lowest BCUT2D eigenvalue weighted by Gasteiger charge is -1.89. The Balaban J connectivity index is 2.85. The van der Waals surface area contributed by atoms with E-state index in [2.05, 4.69) is 4.98 Å². The summed E-state index contributed by atoms with van der Waals surface area (Å²) < 4.78 is 0. The molecule has 1 rings (SSSR count). The van der Waals surface area contributed by atoms with Gasteiger partial charge in [0.15, 0.2) is 0 Å².